The van der Waals surface area contributed by atoms with Crippen LogP contribution in [0.1, 0.15) is 40.5 Å². The van der Waals surface area contributed by atoms with E-state index in [9.17, 15) is 0 Å². The summed E-state index contributed by atoms with van der Waals surface area (Å²) in [7, 11) is 0. The van der Waals surface area contributed by atoms with Crippen molar-refractivity contribution in [1.29, 1.82) is 0 Å². The van der Waals surface area contributed by atoms with Crippen LogP contribution in [-0.4, -0.2) is 17.6 Å². The van der Waals surface area contributed by atoms with E-state index in [1.807, 2.05) is 6.07 Å². The monoisotopic (exact) mass is 332 g/mol. The second kappa shape index (κ2) is 7.34. The summed E-state index contributed by atoms with van der Waals surface area (Å²) >= 11 is 9.54. The number of hydrogen-bond donors (Lipinski definition) is 0. The molecule has 2 nitrogen and oxygen atoms in total. The quantitative estimate of drug-likeness (QED) is 0.716. The molecule has 0 aromatic carbocycles. The zero-order valence-corrected chi connectivity index (χ0v) is 13.9. The highest BCUT2D eigenvalue weighted by Crippen LogP contribution is 2.29. The van der Waals surface area contributed by atoms with Crippen LogP contribution in [0.4, 0.5) is 5.82 Å². The second-order valence-corrected chi connectivity index (χ2v) is 6.27. The molecule has 0 bridgehead atoms. The molecule has 0 fully saturated rings. The third-order valence-corrected chi connectivity index (χ3v) is 3.80. The number of pyridine rings is 1. The maximum absolute atomic E-state index is 5.96. The average Bonchev–Trinajstić information content (AvgIpc) is 2.29. The molecular weight excluding hydrogens is 312 g/mol. The Morgan fingerprint density at radius 2 is 1.94 bits per heavy atom. The maximum Gasteiger partial charge on any atom is 0.143 e. The number of nitrogens with zero attached hydrogens (tertiary/aromatic N) is 2. The first-order valence-electron chi connectivity index (χ1n) is 6.57. The Bertz CT molecular complexity index is 378. The average molecular weight is 334 g/mol. The fourth-order valence-electron chi connectivity index (χ4n) is 2.15. The van der Waals surface area contributed by atoms with Gasteiger partial charge >= 0.3 is 0 Å². The van der Waals surface area contributed by atoms with E-state index < -0.39 is 0 Å². The van der Waals surface area contributed by atoms with E-state index in [1.165, 1.54) is 0 Å². The first-order chi connectivity index (χ1) is 8.49. The van der Waals surface area contributed by atoms with Crippen LogP contribution in [0, 0.1) is 5.92 Å². The summed E-state index contributed by atoms with van der Waals surface area (Å²) in [6, 6.07) is 2.44. The van der Waals surface area contributed by atoms with Gasteiger partial charge in [-0.1, -0.05) is 39.3 Å². The first kappa shape index (κ1) is 15.8. The van der Waals surface area contributed by atoms with Crippen LogP contribution in [0.2, 0.25) is 5.02 Å². The van der Waals surface area contributed by atoms with Gasteiger partial charge in [0.2, 0.25) is 0 Å². The lowest BCUT2D eigenvalue weighted by Crippen LogP contribution is -2.38. The Labute approximate surface area is 124 Å². The van der Waals surface area contributed by atoms with Gasteiger partial charge in [0.05, 0.1) is 9.50 Å². The molecule has 0 unspecified atom stereocenters. The zero-order valence-electron chi connectivity index (χ0n) is 11.6. The molecule has 0 spiro atoms. The SMILES string of the molecule is CCC(CC)N(CC(C)C)c1ncc(Cl)cc1Br. The van der Waals surface area contributed by atoms with Crippen LogP contribution in [0.5, 0.6) is 0 Å². The lowest BCUT2D eigenvalue weighted by molar-refractivity contribution is 0.503. The van der Waals surface area contributed by atoms with Crippen molar-refractivity contribution < 1.29 is 0 Å². The molecule has 1 aromatic heterocycles. The highest BCUT2D eigenvalue weighted by molar-refractivity contribution is 9.10. The van der Waals surface area contributed by atoms with E-state index in [1.54, 1.807) is 6.20 Å². The Morgan fingerprint density at radius 3 is 2.39 bits per heavy atom. The molecule has 0 saturated heterocycles. The van der Waals surface area contributed by atoms with Crippen molar-refractivity contribution in [2.24, 2.45) is 5.92 Å². The molecule has 0 atom stereocenters. The van der Waals surface area contributed by atoms with Crippen molar-refractivity contribution in [2.75, 3.05) is 11.4 Å². The molecule has 0 amide bonds. The van der Waals surface area contributed by atoms with Crippen molar-refractivity contribution in [3.63, 3.8) is 0 Å². The van der Waals surface area contributed by atoms with Gasteiger partial charge in [0.1, 0.15) is 5.82 Å². The Hall–Kier alpha value is -0.280. The standard InChI is InChI=1S/C14H22BrClN2/c1-5-12(6-2)18(9-10(3)4)14-13(15)7-11(16)8-17-14/h7-8,10,12H,5-6,9H2,1-4H3. The van der Waals surface area contributed by atoms with Crippen LogP contribution >= 0.6 is 27.5 Å². The van der Waals surface area contributed by atoms with Crippen molar-refractivity contribution >= 4 is 33.3 Å². The molecule has 0 aliphatic heterocycles. The van der Waals surface area contributed by atoms with Crippen LogP contribution < -0.4 is 4.90 Å². The van der Waals surface area contributed by atoms with E-state index in [2.05, 4.69) is 53.5 Å². The van der Waals surface area contributed by atoms with E-state index in [0.717, 1.165) is 29.7 Å². The van der Waals surface area contributed by atoms with Gasteiger partial charge < -0.3 is 4.90 Å². The molecule has 1 rings (SSSR count). The molecule has 4 heteroatoms. The lowest BCUT2D eigenvalue weighted by Gasteiger charge is -2.33. The minimum absolute atomic E-state index is 0.525. The predicted molar refractivity (Wildman–Crippen MR) is 83.5 cm³/mol. The molecular formula is C14H22BrClN2. The van der Waals surface area contributed by atoms with E-state index in [4.69, 9.17) is 11.6 Å². The van der Waals surface area contributed by atoms with Crippen molar-refractivity contribution in [2.45, 2.75) is 46.6 Å². The fourth-order valence-corrected chi connectivity index (χ4v) is 3.02. The minimum atomic E-state index is 0.525. The molecule has 0 saturated carbocycles. The summed E-state index contributed by atoms with van der Waals surface area (Å²) in [5.41, 5.74) is 0. The molecule has 1 aromatic rings. The molecule has 18 heavy (non-hydrogen) atoms. The van der Waals surface area contributed by atoms with Gasteiger partial charge in [-0.2, -0.15) is 0 Å². The minimum Gasteiger partial charge on any atom is -0.352 e. The summed E-state index contributed by atoms with van der Waals surface area (Å²) in [6.07, 6.45) is 3.97. The number of halogens is 2. The molecule has 0 aliphatic carbocycles. The number of aromatic nitrogens is 1. The van der Waals surface area contributed by atoms with Crippen LogP contribution in [0.3, 0.4) is 0 Å². The highest BCUT2D eigenvalue weighted by atomic mass is 79.9. The predicted octanol–water partition coefficient (Wildman–Crippen LogP) is 5.15. The van der Waals surface area contributed by atoms with Gasteiger partial charge in [-0.25, -0.2) is 4.98 Å². The fraction of sp³-hybridized carbons (Fsp3) is 0.643. The smallest absolute Gasteiger partial charge is 0.143 e. The third-order valence-electron chi connectivity index (χ3n) is 3.01. The second-order valence-electron chi connectivity index (χ2n) is 4.98. The van der Waals surface area contributed by atoms with E-state index in [0.29, 0.717) is 17.0 Å². The summed E-state index contributed by atoms with van der Waals surface area (Å²) in [6.45, 7) is 9.94. The molecule has 0 radical (unpaired) electrons. The van der Waals surface area contributed by atoms with Crippen molar-refractivity contribution in [3.8, 4) is 0 Å². The Balaban J connectivity index is 3.08. The largest absolute Gasteiger partial charge is 0.352 e. The number of hydrogen-bond acceptors (Lipinski definition) is 2. The zero-order chi connectivity index (χ0) is 13.7. The normalized spacial score (nSPS) is 11.3. The highest BCUT2D eigenvalue weighted by Gasteiger charge is 2.20. The summed E-state index contributed by atoms with van der Waals surface area (Å²) < 4.78 is 0.975. The molecule has 0 aliphatic rings. The topological polar surface area (TPSA) is 16.1 Å². The van der Waals surface area contributed by atoms with Crippen molar-refractivity contribution in [3.05, 3.63) is 21.8 Å². The molecule has 1 heterocycles. The van der Waals surface area contributed by atoms with Gasteiger partial charge in [0.15, 0.2) is 0 Å². The lowest BCUT2D eigenvalue weighted by atomic mass is 10.1. The van der Waals surface area contributed by atoms with Crippen molar-refractivity contribution in [1.82, 2.24) is 4.98 Å². The first-order valence-corrected chi connectivity index (χ1v) is 7.74. The number of rotatable bonds is 6. The summed E-state index contributed by atoms with van der Waals surface area (Å²) in [4.78, 5) is 6.89. The summed E-state index contributed by atoms with van der Waals surface area (Å²) in [5, 5.41) is 0.666. The Kier molecular flexibility index (Phi) is 6.44. The van der Waals surface area contributed by atoms with E-state index >= 15 is 0 Å². The number of anilines is 1. The van der Waals surface area contributed by atoms with Gasteiger partial charge in [0, 0.05) is 18.8 Å². The van der Waals surface area contributed by atoms with Gasteiger partial charge in [-0.15, -0.1) is 0 Å². The van der Waals surface area contributed by atoms with Gasteiger partial charge in [-0.05, 0) is 40.8 Å². The van der Waals surface area contributed by atoms with Crippen LogP contribution in [0.25, 0.3) is 0 Å². The summed E-state index contributed by atoms with van der Waals surface area (Å²) in [5.74, 6) is 1.61. The molecule has 0 N–H and O–H groups in total. The maximum atomic E-state index is 5.96. The molecule has 102 valence electrons. The van der Waals surface area contributed by atoms with Crippen LogP contribution in [-0.2, 0) is 0 Å². The van der Waals surface area contributed by atoms with Crippen LogP contribution in [0.15, 0.2) is 16.7 Å². The van der Waals surface area contributed by atoms with E-state index in [-0.39, 0.29) is 0 Å². The van der Waals surface area contributed by atoms with Gasteiger partial charge in [0.25, 0.3) is 0 Å². The van der Waals surface area contributed by atoms with Gasteiger partial charge in [-0.3, -0.25) is 0 Å². The third kappa shape index (κ3) is 4.13. The Morgan fingerprint density at radius 1 is 1.33 bits per heavy atom.